The molecule has 0 amide bonds. The number of nitrogens with zero attached hydrogens (tertiary/aromatic N) is 2. The highest BCUT2D eigenvalue weighted by atomic mass is 32.1. The second-order valence-electron chi connectivity index (χ2n) is 5.38. The molecule has 0 unspecified atom stereocenters. The summed E-state index contributed by atoms with van der Waals surface area (Å²) < 4.78 is 0.711. The summed E-state index contributed by atoms with van der Waals surface area (Å²) >= 11 is 1.44. The summed E-state index contributed by atoms with van der Waals surface area (Å²) in [5.41, 5.74) is 3.59. The monoisotopic (exact) mass is 297 g/mol. The molecule has 2 aromatic heterocycles. The van der Waals surface area contributed by atoms with E-state index in [4.69, 9.17) is 0 Å². The molecule has 106 valence electrons. The number of hydrogen-bond donors (Lipinski definition) is 1. The number of hydrogen-bond acceptors (Lipinski definition) is 4. The van der Waals surface area contributed by atoms with E-state index in [2.05, 4.69) is 39.1 Å². The average Bonchev–Trinajstić information content (AvgIpc) is 2.96. The van der Waals surface area contributed by atoms with Gasteiger partial charge >= 0.3 is 0 Å². The summed E-state index contributed by atoms with van der Waals surface area (Å²) in [4.78, 5) is 21.8. The van der Waals surface area contributed by atoms with Crippen LogP contribution in [0, 0.1) is 0 Å². The number of rotatable bonds is 2. The minimum absolute atomic E-state index is 0.0255. The fraction of sp³-hybridized carbons (Fsp3) is 0.250. The molecule has 5 heteroatoms. The second-order valence-corrected chi connectivity index (χ2v) is 6.29. The molecule has 0 spiro atoms. The van der Waals surface area contributed by atoms with Gasteiger partial charge < -0.3 is 4.98 Å². The lowest BCUT2D eigenvalue weighted by Gasteiger charge is -2.28. The smallest absolute Gasteiger partial charge is 0.268 e. The molecule has 0 saturated heterocycles. The first-order valence-corrected chi connectivity index (χ1v) is 7.93. The minimum Gasteiger partial charge on any atom is -0.308 e. The van der Waals surface area contributed by atoms with Gasteiger partial charge in [-0.05, 0) is 29.0 Å². The van der Waals surface area contributed by atoms with Crippen LogP contribution in [0.2, 0.25) is 0 Å². The van der Waals surface area contributed by atoms with Crippen LogP contribution in [0.4, 0.5) is 0 Å². The molecule has 0 fully saturated rings. The zero-order valence-electron chi connectivity index (χ0n) is 11.5. The molecular formula is C16H15N3OS. The maximum Gasteiger partial charge on any atom is 0.268 e. The Labute approximate surface area is 126 Å². The van der Waals surface area contributed by atoms with Gasteiger partial charge in [0.15, 0.2) is 0 Å². The number of benzene rings is 1. The summed E-state index contributed by atoms with van der Waals surface area (Å²) in [7, 11) is 0. The van der Waals surface area contributed by atoms with E-state index in [0.717, 1.165) is 30.9 Å². The predicted molar refractivity (Wildman–Crippen MR) is 84.5 cm³/mol. The first-order valence-electron chi connectivity index (χ1n) is 7.05. The fourth-order valence-corrected chi connectivity index (χ4v) is 3.62. The maximum atomic E-state index is 12.0. The van der Waals surface area contributed by atoms with Crippen molar-refractivity contribution in [1.82, 2.24) is 14.9 Å². The first-order chi connectivity index (χ1) is 10.3. The van der Waals surface area contributed by atoms with Crippen LogP contribution < -0.4 is 5.56 Å². The van der Waals surface area contributed by atoms with Crippen LogP contribution in [0.5, 0.6) is 0 Å². The van der Waals surface area contributed by atoms with E-state index < -0.39 is 0 Å². The minimum atomic E-state index is -0.0255. The number of nitrogens with one attached hydrogen (secondary N) is 1. The Morgan fingerprint density at radius 1 is 1.24 bits per heavy atom. The van der Waals surface area contributed by atoms with Gasteiger partial charge in [-0.25, -0.2) is 4.98 Å². The van der Waals surface area contributed by atoms with Crippen molar-refractivity contribution in [2.75, 3.05) is 6.54 Å². The Balaban J connectivity index is 1.60. The van der Waals surface area contributed by atoms with Gasteiger partial charge in [0.05, 0.1) is 12.1 Å². The predicted octanol–water partition coefficient (Wildman–Crippen LogP) is 2.54. The van der Waals surface area contributed by atoms with Crippen LogP contribution in [0.15, 0.2) is 40.5 Å². The van der Waals surface area contributed by atoms with Crippen molar-refractivity contribution in [3.8, 4) is 0 Å². The Hall–Kier alpha value is -1.98. The van der Waals surface area contributed by atoms with Gasteiger partial charge in [0.1, 0.15) is 10.5 Å². The van der Waals surface area contributed by atoms with Gasteiger partial charge in [-0.1, -0.05) is 24.3 Å². The molecule has 3 aromatic rings. The van der Waals surface area contributed by atoms with Crippen molar-refractivity contribution in [3.63, 3.8) is 0 Å². The molecule has 0 radical (unpaired) electrons. The van der Waals surface area contributed by atoms with E-state index in [1.54, 1.807) is 0 Å². The summed E-state index contributed by atoms with van der Waals surface area (Å²) in [6, 6.07) is 10.5. The maximum absolute atomic E-state index is 12.0. The number of fused-ring (bicyclic) bond motifs is 2. The Kier molecular flexibility index (Phi) is 3.09. The van der Waals surface area contributed by atoms with Crippen LogP contribution in [0.1, 0.15) is 17.0 Å². The Morgan fingerprint density at radius 2 is 2.10 bits per heavy atom. The molecule has 0 atom stereocenters. The van der Waals surface area contributed by atoms with E-state index in [9.17, 15) is 4.79 Å². The second kappa shape index (κ2) is 5.09. The Bertz CT molecular complexity index is 852. The largest absolute Gasteiger partial charge is 0.308 e. The van der Waals surface area contributed by atoms with Gasteiger partial charge in [-0.2, -0.15) is 0 Å². The number of H-pyrrole nitrogens is 1. The van der Waals surface area contributed by atoms with E-state index in [-0.39, 0.29) is 5.56 Å². The van der Waals surface area contributed by atoms with Crippen LogP contribution in [0.25, 0.3) is 10.2 Å². The SMILES string of the molecule is O=c1[nH]c(CN2CCc3ccccc3C2)nc2ccsc12. The van der Waals surface area contributed by atoms with Gasteiger partial charge in [-0.15, -0.1) is 11.3 Å². The van der Waals surface area contributed by atoms with E-state index >= 15 is 0 Å². The first kappa shape index (κ1) is 12.7. The quantitative estimate of drug-likeness (QED) is 0.791. The Morgan fingerprint density at radius 3 is 3.00 bits per heavy atom. The van der Waals surface area contributed by atoms with Crippen molar-refractivity contribution in [1.29, 1.82) is 0 Å². The van der Waals surface area contributed by atoms with Crippen molar-refractivity contribution >= 4 is 21.6 Å². The third kappa shape index (κ3) is 2.39. The van der Waals surface area contributed by atoms with Crippen molar-refractivity contribution in [2.45, 2.75) is 19.5 Å². The number of aromatic amines is 1. The van der Waals surface area contributed by atoms with Crippen LogP contribution in [0.3, 0.4) is 0 Å². The van der Waals surface area contributed by atoms with Gasteiger partial charge in [-0.3, -0.25) is 9.69 Å². The molecular weight excluding hydrogens is 282 g/mol. The summed E-state index contributed by atoms with van der Waals surface area (Å²) in [6.45, 7) is 2.61. The lowest BCUT2D eigenvalue weighted by atomic mass is 10.00. The molecule has 0 saturated carbocycles. The molecule has 1 aliphatic rings. The summed E-state index contributed by atoms with van der Waals surface area (Å²) in [6.07, 6.45) is 1.06. The van der Waals surface area contributed by atoms with Crippen LogP contribution >= 0.6 is 11.3 Å². The number of aromatic nitrogens is 2. The third-order valence-electron chi connectivity index (χ3n) is 3.95. The van der Waals surface area contributed by atoms with E-state index in [1.807, 2.05) is 11.4 Å². The van der Waals surface area contributed by atoms with E-state index in [0.29, 0.717) is 11.2 Å². The van der Waals surface area contributed by atoms with Gasteiger partial charge in [0.25, 0.3) is 5.56 Å². The van der Waals surface area contributed by atoms with Crippen molar-refractivity contribution in [3.05, 3.63) is 63.0 Å². The fourth-order valence-electron chi connectivity index (χ4n) is 2.90. The zero-order valence-corrected chi connectivity index (χ0v) is 12.3. The highest BCUT2D eigenvalue weighted by Crippen LogP contribution is 2.20. The van der Waals surface area contributed by atoms with Crippen LogP contribution in [-0.4, -0.2) is 21.4 Å². The molecule has 1 aromatic carbocycles. The van der Waals surface area contributed by atoms with Crippen LogP contribution in [-0.2, 0) is 19.5 Å². The lowest BCUT2D eigenvalue weighted by molar-refractivity contribution is 0.239. The standard InChI is InChI=1S/C16H15N3OS/c20-16-15-13(6-8-21-15)17-14(18-16)10-19-7-5-11-3-1-2-4-12(11)9-19/h1-4,6,8H,5,7,9-10H2,(H,17,18,20). The summed E-state index contributed by atoms with van der Waals surface area (Å²) in [5, 5.41) is 1.91. The molecule has 4 rings (SSSR count). The normalized spacial score (nSPS) is 15.2. The van der Waals surface area contributed by atoms with E-state index in [1.165, 1.54) is 22.5 Å². The van der Waals surface area contributed by atoms with Gasteiger partial charge in [0, 0.05) is 13.1 Å². The lowest BCUT2D eigenvalue weighted by Crippen LogP contribution is -2.31. The molecule has 1 N–H and O–H groups in total. The topological polar surface area (TPSA) is 49.0 Å². The zero-order chi connectivity index (χ0) is 14.2. The molecule has 0 bridgehead atoms. The molecule has 4 nitrogen and oxygen atoms in total. The molecule has 21 heavy (non-hydrogen) atoms. The molecule has 3 heterocycles. The van der Waals surface area contributed by atoms with Gasteiger partial charge in [0.2, 0.25) is 0 Å². The highest BCUT2D eigenvalue weighted by Gasteiger charge is 2.17. The van der Waals surface area contributed by atoms with Crippen molar-refractivity contribution in [2.24, 2.45) is 0 Å². The molecule has 1 aliphatic heterocycles. The highest BCUT2D eigenvalue weighted by molar-refractivity contribution is 7.17. The third-order valence-corrected chi connectivity index (χ3v) is 4.85. The van der Waals surface area contributed by atoms with Crippen molar-refractivity contribution < 1.29 is 0 Å². The average molecular weight is 297 g/mol. The molecule has 0 aliphatic carbocycles. The number of thiophene rings is 1. The summed E-state index contributed by atoms with van der Waals surface area (Å²) in [5.74, 6) is 0.755.